The Balaban J connectivity index is 1.50. The van der Waals surface area contributed by atoms with Gasteiger partial charge in [0.05, 0.1) is 5.75 Å². The van der Waals surface area contributed by atoms with Crippen LogP contribution in [-0.4, -0.2) is 16.2 Å². The van der Waals surface area contributed by atoms with Crippen LogP contribution in [0, 0.1) is 6.92 Å². The summed E-state index contributed by atoms with van der Waals surface area (Å²) in [5, 5.41) is 4.67. The molecule has 0 spiro atoms. The van der Waals surface area contributed by atoms with Gasteiger partial charge in [0.1, 0.15) is 0 Å². The van der Waals surface area contributed by atoms with Crippen molar-refractivity contribution < 1.29 is 4.79 Å². The first kappa shape index (κ1) is 19.6. The van der Waals surface area contributed by atoms with Crippen molar-refractivity contribution in [2.24, 2.45) is 0 Å². The first-order valence-corrected chi connectivity index (χ1v) is 10.8. The number of nitrogens with zero attached hydrogens (tertiary/aromatic N) is 1. The van der Waals surface area contributed by atoms with Crippen LogP contribution >= 0.6 is 23.4 Å². The summed E-state index contributed by atoms with van der Waals surface area (Å²) >= 11 is 7.53. The Bertz CT molecular complexity index is 1150. The van der Waals surface area contributed by atoms with Crippen LogP contribution in [-0.2, 0) is 11.3 Å². The Labute approximate surface area is 179 Å². The van der Waals surface area contributed by atoms with Crippen molar-refractivity contribution in [1.82, 2.24) is 4.57 Å². The van der Waals surface area contributed by atoms with Crippen LogP contribution in [0.3, 0.4) is 0 Å². The second-order valence-electron chi connectivity index (χ2n) is 6.97. The summed E-state index contributed by atoms with van der Waals surface area (Å²) in [5.74, 6) is 0.290. The molecule has 3 nitrogen and oxygen atoms in total. The molecule has 0 aliphatic rings. The highest BCUT2D eigenvalue weighted by molar-refractivity contribution is 8.00. The molecule has 0 aliphatic carbocycles. The van der Waals surface area contributed by atoms with Gasteiger partial charge < -0.3 is 9.88 Å². The summed E-state index contributed by atoms with van der Waals surface area (Å²) in [6.07, 6.45) is 2.14. The van der Waals surface area contributed by atoms with Gasteiger partial charge in [-0.05, 0) is 36.8 Å². The molecule has 1 amide bonds. The molecule has 0 saturated heterocycles. The summed E-state index contributed by atoms with van der Waals surface area (Å²) in [4.78, 5) is 13.5. The number of nitrogens with one attached hydrogen (secondary N) is 1. The molecule has 5 heteroatoms. The maximum absolute atomic E-state index is 12.4. The number of amides is 1. The van der Waals surface area contributed by atoms with Crippen molar-refractivity contribution in [2.45, 2.75) is 18.4 Å². The average molecular weight is 421 g/mol. The Kier molecular flexibility index (Phi) is 5.93. The molecule has 0 saturated carbocycles. The molecule has 0 radical (unpaired) electrons. The second-order valence-corrected chi connectivity index (χ2v) is 8.42. The van der Waals surface area contributed by atoms with E-state index in [4.69, 9.17) is 11.6 Å². The van der Waals surface area contributed by atoms with Gasteiger partial charge in [0.15, 0.2) is 0 Å². The lowest BCUT2D eigenvalue weighted by Gasteiger charge is -2.06. The van der Waals surface area contributed by atoms with Crippen molar-refractivity contribution in [3.8, 4) is 0 Å². The minimum atomic E-state index is -0.0485. The molecule has 29 heavy (non-hydrogen) atoms. The lowest BCUT2D eigenvalue weighted by atomic mass is 10.1. The summed E-state index contributed by atoms with van der Waals surface area (Å²) in [6.45, 7) is 2.90. The van der Waals surface area contributed by atoms with Crippen LogP contribution < -0.4 is 5.32 Å². The van der Waals surface area contributed by atoms with Gasteiger partial charge in [0.2, 0.25) is 5.91 Å². The Morgan fingerprint density at radius 3 is 2.62 bits per heavy atom. The Morgan fingerprint density at radius 1 is 1.03 bits per heavy atom. The highest BCUT2D eigenvalue weighted by atomic mass is 35.5. The highest BCUT2D eigenvalue weighted by Gasteiger charge is 2.11. The highest BCUT2D eigenvalue weighted by Crippen LogP contribution is 2.30. The van der Waals surface area contributed by atoms with E-state index in [0.29, 0.717) is 16.5 Å². The number of para-hydroxylation sites is 1. The fraction of sp³-hybridized carbons (Fsp3) is 0.125. The lowest BCUT2D eigenvalue weighted by molar-refractivity contribution is -0.113. The largest absolute Gasteiger partial charge is 0.342 e. The predicted molar refractivity (Wildman–Crippen MR) is 123 cm³/mol. The zero-order chi connectivity index (χ0) is 20.2. The number of halogens is 1. The summed E-state index contributed by atoms with van der Waals surface area (Å²) in [7, 11) is 0. The van der Waals surface area contributed by atoms with E-state index in [1.807, 2.05) is 24.3 Å². The van der Waals surface area contributed by atoms with Crippen LogP contribution in [0.5, 0.6) is 0 Å². The number of thioether (sulfide) groups is 1. The molecule has 0 unspecified atom stereocenters. The van der Waals surface area contributed by atoms with Gasteiger partial charge in [0, 0.05) is 39.3 Å². The molecule has 1 heterocycles. The number of hydrogen-bond acceptors (Lipinski definition) is 2. The van der Waals surface area contributed by atoms with Gasteiger partial charge >= 0.3 is 0 Å². The quantitative estimate of drug-likeness (QED) is 0.367. The van der Waals surface area contributed by atoms with E-state index in [0.717, 1.165) is 11.4 Å². The summed E-state index contributed by atoms with van der Waals surface area (Å²) < 4.78 is 2.25. The average Bonchev–Trinajstić information content (AvgIpc) is 3.06. The van der Waals surface area contributed by atoms with E-state index in [1.54, 1.807) is 23.9 Å². The van der Waals surface area contributed by atoms with Gasteiger partial charge in [-0.2, -0.15) is 0 Å². The van der Waals surface area contributed by atoms with Gasteiger partial charge in [-0.25, -0.2) is 0 Å². The molecule has 0 bridgehead atoms. The molecule has 1 N–H and O–H groups in total. The van der Waals surface area contributed by atoms with E-state index < -0.39 is 0 Å². The molecule has 0 aliphatic heterocycles. The summed E-state index contributed by atoms with van der Waals surface area (Å²) in [5.41, 5.74) is 4.40. The zero-order valence-electron chi connectivity index (χ0n) is 16.1. The zero-order valence-corrected chi connectivity index (χ0v) is 17.6. The van der Waals surface area contributed by atoms with E-state index >= 15 is 0 Å². The number of anilines is 1. The monoisotopic (exact) mass is 420 g/mol. The second kappa shape index (κ2) is 8.76. The molecule has 0 atom stereocenters. The smallest absolute Gasteiger partial charge is 0.234 e. The molecule has 0 fully saturated rings. The standard InChI is InChI=1S/C24H21ClN2OS/c1-17-9-11-18(12-10-17)14-27-15-23(21-7-2-3-8-22(21)27)29-16-24(28)26-20-6-4-5-19(25)13-20/h2-13,15H,14,16H2,1H3,(H,26,28). The van der Waals surface area contributed by atoms with Crippen molar-refractivity contribution in [1.29, 1.82) is 0 Å². The van der Waals surface area contributed by atoms with Gasteiger partial charge in [-0.1, -0.05) is 65.7 Å². The summed E-state index contributed by atoms with van der Waals surface area (Å²) in [6, 6.07) is 24.1. The fourth-order valence-corrected chi connectivity index (χ4v) is 4.33. The van der Waals surface area contributed by atoms with Crippen LogP contribution in [0.1, 0.15) is 11.1 Å². The Morgan fingerprint density at radius 2 is 1.83 bits per heavy atom. The number of aromatic nitrogens is 1. The van der Waals surface area contributed by atoms with Gasteiger partial charge in [-0.15, -0.1) is 11.8 Å². The SMILES string of the molecule is Cc1ccc(Cn2cc(SCC(=O)Nc3cccc(Cl)c3)c3ccccc32)cc1. The van der Waals surface area contributed by atoms with E-state index in [9.17, 15) is 4.79 Å². The number of hydrogen-bond donors (Lipinski definition) is 1. The number of aryl methyl sites for hydroxylation is 1. The van der Waals surface area contributed by atoms with Crippen LogP contribution in [0.2, 0.25) is 5.02 Å². The van der Waals surface area contributed by atoms with Crippen LogP contribution in [0.25, 0.3) is 10.9 Å². The van der Waals surface area contributed by atoms with Crippen LogP contribution in [0.4, 0.5) is 5.69 Å². The van der Waals surface area contributed by atoms with Crippen LogP contribution in [0.15, 0.2) is 83.9 Å². The van der Waals surface area contributed by atoms with Gasteiger partial charge in [0.25, 0.3) is 0 Å². The molecule has 3 aromatic carbocycles. The van der Waals surface area contributed by atoms with Crippen molar-refractivity contribution in [3.05, 3.63) is 95.1 Å². The first-order valence-electron chi connectivity index (χ1n) is 9.40. The van der Waals surface area contributed by atoms with E-state index in [1.165, 1.54) is 22.0 Å². The van der Waals surface area contributed by atoms with Gasteiger partial charge in [-0.3, -0.25) is 4.79 Å². The third kappa shape index (κ3) is 4.84. The number of carbonyl (C=O) groups is 1. The first-order chi connectivity index (χ1) is 14.1. The van der Waals surface area contributed by atoms with E-state index in [-0.39, 0.29) is 5.91 Å². The number of fused-ring (bicyclic) bond motifs is 1. The minimum Gasteiger partial charge on any atom is -0.342 e. The third-order valence-corrected chi connectivity index (χ3v) is 5.97. The van der Waals surface area contributed by atoms with Crippen molar-refractivity contribution in [2.75, 3.05) is 11.1 Å². The molecule has 4 rings (SSSR count). The fourth-order valence-electron chi connectivity index (χ4n) is 3.26. The number of benzene rings is 3. The predicted octanol–water partition coefficient (Wildman–Crippen LogP) is 6.38. The molecular formula is C24H21ClN2OS. The normalized spacial score (nSPS) is 11.0. The third-order valence-electron chi connectivity index (χ3n) is 4.69. The Hall–Kier alpha value is -2.69. The molecular weight excluding hydrogens is 400 g/mol. The van der Waals surface area contributed by atoms with Crippen molar-refractivity contribution in [3.63, 3.8) is 0 Å². The topological polar surface area (TPSA) is 34.0 Å². The van der Waals surface area contributed by atoms with Crippen molar-refractivity contribution >= 4 is 45.9 Å². The number of carbonyl (C=O) groups excluding carboxylic acids is 1. The molecule has 4 aromatic rings. The maximum atomic E-state index is 12.4. The molecule has 146 valence electrons. The minimum absolute atomic E-state index is 0.0485. The molecule has 1 aromatic heterocycles. The van der Waals surface area contributed by atoms with E-state index in [2.05, 4.69) is 59.4 Å². The number of rotatable bonds is 6. The lowest BCUT2D eigenvalue weighted by Crippen LogP contribution is -2.13. The maximum Gasteiger partial charge on any atom is 0.234 e.